The van der Waals surface area contributed by atoms with Crippen molar-refractivity contribution in [3.63, 3.8) is 0 Å². The van der Waals surface area contributed by atoms with Crippen molar-refractivity contribution in [2.24, 2.45) is 5.92 Å². The number of carbonyl (C=O) groups is 1. The molecule has 1 aromatic heterocycles. The van der Waals surface area contributed by atoms with Crippen LogP contribution in [0.3, 0.4) is 0 Å². The predicted molar refractivity (Wildman–Crippen MR) is 139 cm³/mol. The summed E-state index contributed by atoms with van der Waals surface area (Å²) in [6.07, 6.45) is 6.13. The fraction of sp³-hybridized carbons (Fsp3) is 0.423. The first-order valence-electron chi connectivity index (χ1n) is 11.8. The average Bonchev–Trinajstić information content (AvgIpc) is 3.24. The Labute approximate surface area is 211 Å². The summed E-state index contributed by atoms with van der Waals surface area (Å²) in [7, 11) is 0. The summed E-state index contributed by atoms with van der Waals surface area (Å²) in [4.78, 5) is 16.8. The third kappa shape index (κ3) is 7.47. The molecule has 0 aliphatic heterocycles. The Balaban J connectivity index is 1.77. The number of anilines is 1. The molecule has 0 fully saturated rings. The summed E-state index contributed by atoms with van der Waals surface area (Å²) in [6.45, 7) is 6.82. The highest BCUT2D eigenvalue weighted by molar-refractivity contribution is 6.42. The average molecular weight is 503 g/mol. The number of carbonyl (C=O) groups excluding carboxylic acids is 1. The molecule has 182 valence electrons. The fourth-order valence-corrected chi connectivity index (χ4v) is 3.69. The minimum absolute atomic E-state index is 0.0332. The Morgan fingerprint density at radius 3 is 2.44 bits per heavy atom. The normalized spacial score (nSPS) is 11.1. The van der Waals surface area contributed by atoms with Gasteiger partial charge in [0.25, 0.3) is 0 Å². The van der Waals surface area contributed by atoms with Crippen molar-refractivity contribution >= 4 is 34.8 Å². The second kappa shape index (κ2) is 12.8. The molecule has 3 rings (SSSR count). The van der Waals surface area contributed by atoms with Gasteiger partial charge in [0.2, 0.25) is 5.91 Å². The number of hydrogen-bond acceptors (Lipinski definition) is 4. The van der Waals surface area contributed by atoms with Crippen molar-refractivity contribution in [3.8, 4) is 23.1 Å². The van der Waals surface area contributed by atoms with Crippen molar-refractivity contribution < 1.29 is 9.53 Å². The van der Waals surface area contributed by atoms with Gasteiger partial charge in [-0.1, -0.05) is 69.7 Å². The van der Waals surface area contributed by atoms with Crippen LogP contribution in [0.2, 0.25) is 10.0 Å². The van der Waals surface area contributed by atoms with E-state index < -0.39 is 0 Å². The van der Waals surface area contributed by atoms with Crippen molar-refractivity contribution in [2.45, 2.75) is 59.3 Å². The van der Waals surface area contributed by atoms with E-state index >= 15 is 0 Å². The predicted octanol–water partition coefficient (Wildman–Crippen LogP) is 7.57. The smallest absolute Gasteiger partial charge is 0.336 e. The number of unbranched alkanes of at least 4 members (excludes halogenated alkanes) is 4. The lowest BCUT2D eigenvalue weighted by atomic mass is 10.1. The van der Waals surface area contributed by atoms with E-state index in [2.05, 4.69) is 36.2 Å². The molecule has 0 unspecified atom stereocenters. The van der Waals surface area contributed by atoms with E-state index in [1.807, 2.05) is 30.3 Å². The maximum Gasteiger partial charge on any atom is 0.336 e. The van der Waals surface area contributed by atoms with Gasteiger partial charge in [0, 0.05) is 17.7 Å². The van der Waals surface area contributed by atoms with Crippen LogP contribution in [-0.2, 0) is 4.79 Å². The number of nitrogens with one attached hydrogen (secondary N) is 1. The molecule has 0 bridgehead atoms. The monoisotopic (exact) mass is 502 g/mol. The Kier molecular flexibility index (Phi) is 9.78. The van der Waals surface area contributed by atoms with Gasteiger partial charge in [-0.25, -0.2) is 4.68 Å². The standard InChI is InChI=1S/C26H32Cl2N4O2/c1-4-5-6-7-8-9-24(33)29-20-11-13-21(14-12-20)32-25(19-10-15-22(27)23(28)16-19)30-26(31-32)34-17-18(2)3/h10-16,18H,4-9,17H2,1-3H3,(H,29,33). The number of rotatable bonds is 12. The van der Waals surface area contributed by atoms with E-state index in [4.69, 9.17) is 27.9 Å². The van der Waals surface area contributed by atoms with Crippen molar-refractivity contribution in [1.29, 1.82) is 0 Å². The molecule has 2 aromatic carbocycles. The highest BCUT2D eigenvalue weighted by Crippen LogP contribution is 2.30. The quantitative estimate of drug-likeness (QED) is 0.259. The van der Waals surface area contributed by atoms with Gasteiger partial charge in [0.1, 0.15) is 0 Å². The van der Waals surface area contributed by atoms with Crippen LogP contribution in [0.4, 0.5) is 5.69 Å². The van der Waals surface area contributed by atoms with Gasteiger partial charge in [0.15, 0.2) is 5.82 Å². The molecule has 1 amide bonds. The van der Waals surface area contributed by atoms with Gasteiger partial charge in [-0.05, 0) is 54.8 Å². The zero-order valence-electron chi connectivity index (χ0n) is 20.0. The molecule has 1 heterocycles. The van der Waals surface area contributed by atoms with Crippen LogP contribution in [0.15, 0.2) is 42.5 Å². The second-order valence-corrected chi connectivity index (χ2v) is 9.54. The maximum atomic E-state index is 12.3. The van der Waals surface area contributed by atoms with E-state index in [1.54, 1.807) is 16.8 Å². The Bertz CT molecular complexity index is 1080. The van der Waals surface area contributed by atoms with Crippen molar-refractivity contribution in [1.82, 2.24) is 14.8 Å². The molecule has 0 aliphatic rings. The van der Waals surface area contributed by atoms with Gasteiger partial charge < -0.3 is 10.1 Å². The number of benzene rings is 2. The van der Waals surface area contributed by atoms with Crippen LogP contribution in [0, 0.1) is 5.92 Å². The van der Waals surface area contributed by atoms with Crippen LogP contribution in [0.25, 0.3) is 17.1 Å². The Morgan fingerprint density at radius 1 is 1.03 bits per heavy atom. The lowest BCUT2D eigenvalue weighted by Gasteiger charge is -2.09. The third-order valence-corrected chi connectivity index (χ3v) is 5.95. The van der Waals surface area contributed by atoms with E-state index in [0.717, 1.165) is 29.8 Å². The summed E-state index contributed by atoms with van der Waals surface area (Å²) >= 11 is 12.3. The van der Waals surface area contributed by atoms with Gasteiger partial charge in [-0.2, -0.15) is 4.98 Å². The first-order chi connectivity index (χ1) is 16.4. The van der Waals surface area contributed by atoms with E-state index in [0.29, 0.717) is 34.8 Å². The molecule has 0 saturated heterocycles. The molecule has 0 aliphatic carbocycles. The van der Waals surface area contributed by atoms with E-state index in [9.17, 15) is 4.79 Å². The molecule has 3 aromatic rings. The molecular formula is C26H32Cl2N4O2. The van der Waals surface area contributed by atoms with Gasteiger partial charge in [0.05, 0.1) is 22.3 Å². The lowest BCUT2D eigenvalue weighted by molar-refractivity contribution is -0.116. The van der Waals surface area contributed by atoms with Crippen LogP contribution in [0.1, 0.15) is 59.3 Å². The molecule has 6 nitrogen and oxygen atoms in total. The van der Waals surface area contributed by atoms with E-state index in [1.165, 1.54) is 19.3 Å². The molecule has 0 saturated carbocycles. The summed E-state index contributed by atoms with van der Waals surface area (Å²) < 4.78 is 7.47. The van der Waals surface area contributed by atoms with E-state index in [-0.39, 0.29) is 11.9 Å². The minimum Gasteiger partial charge on any atom is -0.462 e. The fourth-order valence-electron chi connectivity index (χ4n) is 3.40. The van der Waals surface area contributed by atoms with Crippen molar-refractivity contribution in [3.05, 3.63) is 52.5 Å². The molecule has 0 spiro atoms. The number of hydrogen-bond donors (Lipinski definition) is 1. The molecule has 34 heavy (non-hydrogen) atoms. The first-order valence-corrected chi connectivity index (χ1v) is 12.6. The zero-order chi connectivity index (χ0) is 24.5. The van der Waals surface area contributed by atoms with Crippen molar-refractivity contribution in [2.75, 3.05) is 11.9 Å². The molecule has 1 N–H and O–H groups in total. The van der Waals surface area contributed by atoms with Crippen LogP contribution in [0.5, 0.6) is 6.01 Å². The molecular weight excluding hydrogens is 471 g/mol. The minimum atomic E-state index is 0.0332. The maximum absolute atomic E-state index is 12.3. The van der Waals surface area contributed by atoms with Gasteiger partial charge in [-0.3, -0.25) is 4.79 Å². The number of aromatic nitrogens is 3. The molecule has 0 radical (unpaired) electrons. The number of halogens is 2. The summed E-state index contributed by atoms with van der Waals surface area (Å²) in [5, 5.41) is 8.43. The van der Waals surface area contributed by atoms with Gasteiger partial charge >= 0.3 is 6.01 Å². The largest absolute Gasteiger partial charge is 0.462 e. The topological polar surface area (TPSA) is 69.0 Å². The molecule has 8 heteroatoms. The highest BCUT2D eigenvalue weighted by Gasteiger charge is 2.16. The SMILES string of the molecule is CCCCCCCC(=O)Nc1ccc(-n2nc(OCC(C)C)nc2-c2ccc(Cl)c(Cl)c2)cc1. The number of ether oxygens (including phenoxy) is 1. The Hall–Kier alpha value is -2.57. The van der Waals surface area contributed by atoms with Crippen LogP contribution < -0.4 is 10.1 Å². The highest BCUT2D eigenvalue weighted by atomic mass is 35.5. The molecule has 0 atom stereocenters. The second-order valence-electron chi connectivity index (χ2n) is 8.72. The third-order valence-electron chi connectivity index (χ3n) is 5.21. The number of nitrogens with zero attached hydrogens (tertiary/aromatic N) is 3. The number of amides is 1. The first kappa shape index (κ1) is 26.0. The van der Waals surface area contributed by atoms with Gasteiger partial charge in [-0.15, -0.1) is 5.10 Å². The van der Waals surface area contributed by atoms with Crippen LogP contribution in [-0.4, -0.2) is 27.3 Å². The Morgan fingerprint density at radius 2 is 1.76 bits per heavy atom. The summed E-state index contributed by atoms with van der Waals surface area (Å²) in [5.41, 5.74) is 2.29. The zero-order valence-corrected chi connectivity index (χ0v) is 21.5. The summed E-state index contributed by atoms with van der Waals surface area (Å²) in [5.74, 6) is 0.960. The lowest BCUT2D eigenvalue weighted by Crippen LogP contribution is -2.11. The van der Waals surface area contributed by atoms with Crippen LogP contribution >= 0.6 is 23.2 Å². The summed E-state index contributed by atoms with van der Waals surface area (Å²) in [6, 6.07) is 13.1.